The van der Waals surface area contributed by atoms with Gasteiger partial charge < -0.3 is 19.9 Å². The van der Waals surface area contributed by atoms with Crippen LogP contribution in [0.5, 0.6) is 5.75 Å². The van der Waals surface area contributed by atoms with Crippen molar-refractivity contribution in [2.75, 3.05) is 13.2 Å². The number of ether oxygens (including phenoxy) is 2. The van der Waals surface area contributed by atoms with Gasteiger partial charge in [-0.25, -0.2) is 4.79 Å². The molecule has 0 aliphatic heterocycles. The molecule has 1 rings (SSSR count). The number of benzene rings is 1. The number of carbonyl (C=O) groups excluding carboxylic acids is 1. The SMILES string of the molecule is CCC(CCc1ccc(Cl)cc1OCCO)NC(=O)OC(C)(C)C. The molecule has 1 aromatic carbocycles. The second kappa shape index (κ2) is 9.74. The largest absolute Gasteiger partial charge is 0.491 e. The number of alkyl carbamates (subject to hydrolysis) is 1. The number of carbonyl (C=O) groups is 1. The van der Waals surface area contributed by atoms with E-state index in [4.69, 9.17) is 26.2 Å². The normalized spacial score (nSPS) is 12.6. The highest BCUT2D eigenvalue weighted by Crippen LogP contribution is 2.25. The summed E-state index contributed by atoms with van der Waals surface area (Å²) in [4.78, 5) is 11.9. The van der Waals surface area contributed by atoms with E-state index in [0.717, 1.165) is 24.8 Å². The minimum atomic E-state index is -0.510. The molecule has 0 heterocycles. The number of hydrogen-bond acceptors (Lipinski definition) is 4. The van der Waals surface area contributed by atoms with E-state index in [2.05, 4.69) is 5.32 Å². The van der Waals surface area contributed by atoms with Crippen LogP contribution in [0.2, 0.25) is 5.02 Å². The van der Waals surface area contributed by atoms with E-state index < -0.39 is 11.7 Å². The first-order chi connectivity index (χ1) is 11.2. The van der Waals surface area contributed by atoms with Crippen molar-refractivity contribution in [3.05, 3.63) is 28.8 Å². The molecule has 0 bridgehead atoms. The van der Waals surface area contributed by atoms with Crippen molar-refractivity contribution >= 4 is 17.7 Å². The number of halogens is 1. The number of amides is 1. The Morgan fingerprint density at radius 2 is 2.08 bits per heavy atom. The van der Waals surface area contributed by atoms with Crippen LogP contribution in [0, 0.1) is 0 Å². The summed E-state index contributed by atoms with van der Waals surface area (Å²) in [5.74, 6) is 0.670. The maximum atomic E-state index is 11.9. The van der Waals surface area contributed by atoms with Crippen LogP contribution in [-0.4, -0.2) is 36.1 Å². The van der Waals surface area contributed by atoms with E-state index in [9.17, 15) is 4.79 Å². The van der Waals surface area contributed by atoms with Crippen molar-refractivity contribution in [2.45, 2.75) is 58.6 Å². The van der Waals surface area contributed by atoms with Crippen LogP contribution < -0.4 is 10.1 Å². The van der Waals surface area contributed by atoms with Gasteiger partial charge in [0.15, 0.2) is 0 Å². The van der Waals surface area contributed by atoms with Gasteiger partial charge in [-0.05, 0) is 57.7 Å². The van der Waals surface area contributed by atoms with Gasteiger partial charge in [0.05, 0.1) is 6.61 Å². The number of nitrogens with one attached hydrogen (secondary N) is 1. The van der Waals surface area contributed by atoms with Crippen molar-refractivity contribution in [3.8, 4) is 5.75 Å². The molecule has 1 amide bonds. The lowest BCUT2D eigenvalue weighted by Gasteiger charge is -2.23. The Morgan fingerprint density at radius 3 is 2.67 bits per heavy atom. The predicted molar refractivity (Wildman–Crippen MR) is 95.8 cm³/mol. The Balaban J connectivity index is 2.63. The van der Waals surface area contributed by atoms with Gasteiger partial charge in [0.25, 0.3) is 0 Å². The fraction of sp³-hybridized carbons (Fsp3) is 0.611. The van der Waals surface area contributed by atoms with Gasteiger partial charge in [0.1, 0.15) is 18.0 Å². The Labute approximate surface area is 149 Å². The number of aliphatic hydroxyl groups is 1. The van der Waals surface area contributed by atoms with Crippen LogP contribution in [0.25, 0.3) is 0 Å². The van der Waals surface area contributed by atoms with Gasteiger partial charge in [0, 0.05) is 11.1 Å². The molecule has 24 heavy (non-hydrogen) atoms. The van der Waals surface area contributed by atoms with Crippen LogP contribution in [0.3, 0.4) is 0 Å². The first-order valence-corrected chi connectivity index (χ1v) is 8.64. The minimum Gasteiger partial charge on any atom is -0.491 e. The van der Waals surface area contributed by atoms with Crippen LogP contribution in [0.15, 0.2) is 18.2 Å². The van der Waals surface area contributed by atoms with Gasteiger partial charge in [0.2, 0.25) is 0 Å². The van der Waals surface area contributed by atoms with Gasteiger partial charge in [-0.3, -0.25) is 0 Å². The fourth-order valence-electron chi connectivity index (χ4n) is 2.21. The second-order valence-corrected chi connectivity index (χ2v) is 7.05. The zero-order valence-electron chi connectivity index (χ0n) is 14.9. The average molecular weight is 358 g/mol. The Bertz CT molecular complexity index is 528. The van der Waals surface area contributed by atoms with E-state index >= 15 is 0 Å². The molecule has 0 saturated heterocycles. The highest BCUT2D eigenvalue weighted by molar-refractivity contribution is 6.30. The molecule has 0 saturated carbocycles. The lowest BCUT2D eigenvalue weighted by atomic mass is 10.0. The van der Waals surface area contributed by atoms with E-state index in [-0.39, 0.29) is 19.3 Å². The topological polar surface area (TPSA) is 67.8 Å². The van der Waals surface area contributed by atoms with Crippen molar-refractivity contribution in [1.29, 1.82) is 0 Å². The van der Waals surface area contributed by atoms with Crippen molar-refractivity contribution < 1.29 is 19.4 Å². The lowest BCUT2D eigenvalue weighted by molar-refractivity contribution is 0.0500. The molecule has 0 aliphatic rings. The zero-order valence-corrected chi connectivity index (χ0v) is 15.7. The van der Waals surface area contributed by atoms with Gasteiger partial charge in [-0.1, -0.05) is 24.6 Å². The molecule has 6 heteroatoms. The molecule has 0 aromatic heterocycles. The molecule has 1 unspecified atom stereocenters. The maximum absolute atomic E-state index is 11.9. The molecule has 1 aromatic rings. The average Bonchev–Trinajstić information content (AvgIpc) is 2.48. The highest BCUT2D eigenvalue weighted by atomic mass is 35.5. The summed E-state index contributed by atoms with van der Waals surface area (Å²) in [5.41, 5.74) is 0.487. The third-order valence-corrected chi connectivity index (χ3v) is 3.59. The molecule has 0 fully saturated rings. The third kappa shape index (κ3) is 7.88. The molecule has 1 atom stereocenters. The quantitative estimate of drug-likeness (QED) is 0.739. The van der Waals surface area contributed by atoms with Crippen molar-refractivity contribution in [2.24, 2.45) is 0 Å². The molecule has 0 spiro atoms. The first-order valence-electron chi connectivity index (χ1n) is 8.26. The summed E-state index contributed by atoms with van der Waals surface area (Å²) in [6.45, 7) is 7.71. The standard InChI is InChI=1S/C18H28ClNO4/c1-5-15(20-17(22)24-18(2,3)4)9-7-13-6-8-14(19)12-16(13)23-11-10-21/h6,8,12,15,21H,5,7,9-11H2,1-4H3,(H,20,22). The van der Waals surface area contributed by atoms with Gasteiger partial charge in [-0.15, -0.1) is 0 Å². The van der Waals surface area contributed by atoms with Crippen LogP contribution in [0.1, 0.15) is 46.1 Å². The molecule has 0 aliphatic carbocycles. The summed E-state index contributed by atoms with van der Waals surface area (Å²) in [7, 11) is 0. The Morgan fingerprint density at radius 1 is 1.38 bits per heavy atom. The second-order valence-electron chi connectivity index (χ2n) is 6.61. The number of rotatable bonds is 8. The zero-order chi connectivity index (χ0) is 18.2. The lowest BCUT2D eigenvalue weighted by Crippen LogP contribution is -2.39. The number of hydrogen-bond donors (Lipinski definition) is 2. The van der Waals surface area contributed by atoms with Gasteiger partial charge in [-0.2, -0.15) is 0 Å². The molecule has 136 valence electrons. The molecule has 5 nitrogen and oxygen atoms in total. The first kappa shape index (κ1) is 20.6. The summed E-state index contributed by atoms with van der Waals surface area (Å²) in [5, 5.41) is 12.4. The van der Waals surface area contributed by atoms with E-state index in [1.165, 1.54) is 0 Å². The van der Waals surface area contributed by atoms with E-state index in [1.807, 2.05) is 39.8 Å². The summed E-state index contributed by atoms with van der Waals surface area (Å²) in [6.07, 6.45) is 1.89. The summed E-state index contributed by atoms with van der Waals surface area (Å²) in [6, 6.07) is 5.48. The smallest absolute Gasteiger partial charge is 0.407 e. The van der Waals surface area contributed by atoms with Crippen LogP contribution in [0.4, 0.5) is 4.79 Å². The van der Waals surface area contributed by atoms with Crippen molar-refractivity contribution in [3.63, 3.8) is 0 Å². The molecular weight excluding hydrogens is 330 g/mol. The monoisotopic (exact) mass is 357 g/mol. The van der Waals surface area contributed by atoms with Crippen molar-refractivity contribution in [1.82, 2.24) is 5.32 Å². The molecular formula is C18H28ClNO4. The molecule has 2 N–H and O–H groups in total. The maximum Gasteiger partial charge on any atom is 0.407 e. The highest BCUT2D eigenvalue weighted by Gasteiger charge is 2.19. The van der Waals surface area contributed by atoms with E-state index in [0.29, 0.717) is 10.8 Å². The summed E-state index contributed by atoms with van der Waals surface area (Å²) >= 11 is 6.00. The predicted octanol–water partition coefficient (Wildman–Crippen LogP) is 3.95. The fourth-order valence-corrected chi connectivity index (χ4v) is 2.37. The minimum absolute atomic E-state index is 0.0150. The number of aliphatic hydroxyl groups excluding tert-OH is 1. The van der Waals surface area contributed by atoms with Crippen LogP contribution in [-0.2, 0) is 11.2 Å². The van der Waals surface area contributed by atoms with Crippen LogP contribution >= 0.6 is 11.6 Å². The Hall–Kier alpha value is -1.46. The summed E-state index contributed by atoms with van der Waals surface area (Å²) < 4.78 is 10.8. The Kier molecular flexibility index (Phi) is 8.36. The molecule has 0 radical (unpaired) electrons. The third-order valence-electron chi connectivity index (χ3n) is 3.35. The number of aryl methyl sites for hydroxylation is 1. The van der Waals surface area contributed by atoms with E-state index in [1.54, 1.807) is 6.07 Å². The van der Waals surface area contributed by atoms with Gasteiger partial charge >= 0.3 is 6.09 Å².